The Labute approximate surface area is 146 Å². The lowest BCUT2D eigenvalue weighted by Gasteiger charge is -2.25. The van der Waals surface area contributed by atoms with E-state index in [1.807, 2.05) is 0 Å². The molecular weight excluding hydrogens is 356 g/mol. The van der Waals surface area contributed by atoms with E-state index in [1.54, 1.807) is 6.07 Å². The summed E-state index contributed by atoms with van der Waals surface area (Å²) in [7, 11) is 1.59. The molecule has 8 heteroatoms. The quantitative estimate of drug-likeness (QED) is 0.733. The predicted molar refractivity (Wildman–Crippen MR) is 87.9 cm³/mol. The van der Waals surface area contributed by atoms with Crippen LogP contribution in [0.3, 0.4) is 0 Å². The van der Waals surface area contributed by atoms with Gasteiger partial charge in [0.2, 0.25) is 0 Å². The largest absolute Gasteiger partial charge is 0.465 e. The molecule has 2 aliphatic heterocycles. The normalized spacial score (nSPS) is 25.2. The Morgan fingerprint density at radius 1 is 0.875 bits per heavy atom. The first kappa shape index (κ1) is 17.8. The summed E-state index contributed by atoms with van der Waals surface area (Å²) in [6, 6.07) is 4.41. The molecule has 0 aliphatic carbocycles. The summed E-state index contributed by atoms with van der Waals surface area (Å²) >= 11 is 0. The van der Waals surface area contributed by atoms with Crippen molar-refractivity contribution >= 4 is 19.7 Å². The van der Waals surface area contributed by atoms with Gasteiger partial charge in [-0.25, -0.2) is 8.42 Å². The molecule has 0 amide bonds. The lowest BCUT2D eigenvalue weighted by Crippen LogP contribution is -2.26. The average Bonchev–Trinajstić information content (AvgIpc) is 2.56. The van der Waals surface area contributed by atoms with E-state index in [-0.39, 0.29) is 17.5 Å². The number of rotatable bonds is 5. The van der Waals surface area contributed by atoms with Crippen molar-refractivity contribution in [3.05, 3.63) is 18.2 Å². The topological polar surface area (TPSA) is 71.1 Å². The van der Waals surface area contributed by atoms with Gasteiger partial charge in [-0.3, -0.25) is 0 Å². The van der Waals surface area contributed by atoms with Crippen molar-refractivity contribution in [1.82, 2.24) is 0 Å². The van der Waals surface area contributed by atoms with E-state index in [0.29, 0.717) is 24.7 Å². The number of benzene rings is 1. The molecule has 0 radical (unpaired) electrons. The smallest absolute Gasteiger partial charge is 0.261 e. The van der Waals surface area contributed by atoms with Crippen LogP contribution in [0.15, 0.2) is 23.1 Å². The first-order valence-corrected chi connectivity index (χ1v) is 10.5. The third kappa shape index (κ3) is 4.99. The van der Waals surface area contributed by atoms with Gasteiger partial charge in [0, 0.05) is 41.7 Å². The molecule has 1 aromatic carbocycles. The van der Waals surface area contributed by atoms with Gasteiger partial charge >= 0.3 is 0 Å². The van der Waals surface area contributed by atoms with Crippen LogP contribution in [0, 0.1) is 0 Å². The van der Waals surface area contributed by atoms with Gasteiger partial charge < -0.3 is 18.9 Å². The van der Waals surface area contributed by atoms with Crippen LogP contribution in [0.5, 0.6) is 11.5 Å². The molecule has 1 aromatic rings. The summed E-state index contributed by atoms with van der Waals surface area (Å²) in [5.74, 6) is 0.712. The second kappa shape index (κ2) is 7.91. The minimum Gasteiger partial charge on any atom is -0.465 e. The van der Waals surface area contributed by atoms with Crippen LogP contribution in [0.25, 0.3) is 0 Å². The molecular formula is C16H21ClO6S. The Morgan fingerprint density at radius 3 is 1.75 bits per heavy atom. The van der Waals surface area contributed by atoms with E-state index < -0.39 is 9.05 Å². The second-order valence-electron chi connectivity index (χ2n) is 5.91. The van der Waals surface area contributed by atoms with E-state index >= 15 is 0 Å². The van der Waals surface area contributed by atoms with Gasteiger partial charge in [0.15, 0.2) is 12.6 Å². The standard InChI is InChI=1S/C16H21ClO6S/c17-24(18,19)14-10-12(22-15-5-1-3-7-20-15)9-13(11-14)23-16-6-2-4-8-21-16/h9-11,15-16H,1-8H2. The molecule has 2 atom stereocenters. The van der Waals surface area contributed by atoms with Crippen molar-refractivity contribution < 1.29 is 27.4 Å². The number of hydrogen-bond acceptors (Lipinski definition) is 6. The molecule has 3 rings (SSSR count). The van der Waals surface area contributed by atoms with Gasteiger partial charge in [0.05, 0.1) is 18.1 Å². The third-order valence-electron chi connectivity index (χ3n) is 3.95. The van der Waals surface area contributed by atoms with E-state index in [1.165, 1.54) is 12.1 Å². The van der Waals surface area contributed by atoms with Crippen LogP contribution in [0.4, 0.5) is 0 Å². The molecule has 0 aromatic heterocycles. The van der Waals surface area contributed by atoms with Crippen molar-refractivity contribution in [2.75, 3.05) is 13.2 Å². The molecule has 0 spiro atoms. The van der Waals surface area contributed by atoms with Gasteiger partial charge in [-0.05, 0) is 25.7 Å². The lowest BCUT2D eigenvalue weighted by atomic mass is 10.2. The Kier molecular flexibility index (Phi) is 5.86. The van der Waals surface area contributed by atoms with Crippen LogP contribution in [-0.2, 0) is 18.5 Å². The zero-order valence-corrected chi connectivity index (χ0v) is 14.9. The maximum Gasteiger partial charge on any atom is 0.261 e. The summed E-state index contributed by atoms with van der Waals surface area (Å²) in [5.41, 5.74) is 0. The Hall–Kier alpha value is -1.02. The van der Waals surface area contributed by atoms with Gasteiger partial charge in [-0.15, -0.1) is 0 Å². The maximum absolute atomic E-state index is 11.7. The predicted octanol–water partition coefficient (Wildman–Crippen LogP) is 3.42. The highest BCUT2D eigenvalue weighted by atomic mass is 35.7. The fourth-order valence-corrected chi connectivity index (χ4v) is 3.52. The van der Waals surface area contributed by atoms with Crippen LogP contribution >= 0.6 is 10.7 Å². The van der Waals surface area contributed by atoms with Crippen LogP contribution in [0.2, 0.25) is 0 Å². The van der Waals surface area contributed by atoms with E-state index in [0.717, 1.165) is 38.5 Å². The lowest BCUT2D eigenvalue weighted by molar-refractivity contribution is -0.109. The van der Waals surface area contributed by atoms with Crippen LogP contribution < -0.4 is 9.47 Å². The summed E-state index contributed by atoms with van der Waals surface area (Å²) in [4.78, 5) is -0.0664. The van der Waals surface area contributed by atoms with Crippen molar-refractivity contribution in [3.8, 4) is 11.5 Å². The highest BCUT2D eigenvalue weighted by molar-refractivity contribution is 8.13. The Balaban J connectivity index is 1.79. The summed E-state index contributed by atoms with van der Waals surface area (Å²) in [6.45, 7) is 1.27. The van der Waals surface area contributed by atoms with Crippen LogP contribution in [0.1, 0.15) is 38.5 Å². The molecule has 2 saturated heterocycles. The van der Waals surface area contributed by atoms with Gasteiger partial charge in [0.1, 0.15) is 11.5 Å². The minimum absolute atomic E-state index is 0.0664. The van der Waals surface area contributed by atoms with E-state index in [2.05, 4.69) is 0 Å². The summed E-state index contributed by atoms with van der Waals surface area (Å²) in [6.07, 6.45) is 4.79. The molecule has 0 saturated carbocycles. The SMILES string of the molecule is O=S(=O)(Cl)c1cc(OC2CCCCO2)cc(OC2CCCCO2)c1. The first-order chi connectivity index (χ1) is 11.5. The second-order valence-corrected chi connectivity index (χ2v) is 8.47. The molecule has 2 aliphatic rings. The fraction of sp³-hybridized carbons (Fsp3) is 0.625. The molecule has 2 fully saturated rings. The highest BCUT2D eigenvalue weighted by Gasteiger charge is 2.21. The van der Waals surface area contributed by atoms with E-state index in [9.17, 15) is 8.42 Å². The zero-order chi connectivity index (χ0) is 17.0. The molecule has 134 valence electrons. The summed E-state index contributed by atoms with van der Waals surface area (Å²) < 4.78 is 46.0. The third-order valence-corrected chi connectivity index (χ3v) is 5.28. The number of ether oxygens (including phenoxy) is 4. The van der Waals surface area contributed by atoms with E-state index in [4.69, 9.17) is 29.6 Å². The number of hydrogen-bond donors (Lipinski definition) is 0. The maximum atomic E-state index is 11.7. The average molecular weight is 377 g/mol. The molecule has 24 heavy (non-hydrogen) atoms. The van der Waals surface area contributed by atoms with Gasteiger partial charge in [-0.1, -0.05) is 0 Å². The first-order valence-electron chi connectivity index (χ1n) is 8.17. The van der Waals surface area contributed by atoms with Gasteiger partial charge in [0.25, 0.3) is 9.05 Å². The fourth-order valence-electron chi connectivity index (χ4n) is 2.73. The highest BCUT2D eigenvalue weighted by Crippen LogP contribution is 2.31. The molecule has 0 N–H and O–H groups in total. The van der Waals surface area contributed by atoms with Crippen LogP contribution in [-0.4, -0.2) is 34.2 Å². The minimum atomic E-state index is -3.90. The van der Waals surface area contributed by atoms with Gasteiger partial charge in [-0.2, -0.15) is 0 Å². The Morgan fingerprint density at radius 2 is 1.38 bits per heavy atom. The van der Waals surface area contributed by atoms with Crippen molar-refractivity contribution in [1.29, 1.82) is 0 Å². The monoisotopic (exact) mass is 376 g/mol. The molecule has 6 nitrogen and oxygen atoms in total. The van der Waals surface area contributed by atoms with Crippen molar-refractivity contribution in [3.63, 3.8) is 0 Å². The number of halogens is 1. The zero-order valence-electron chi connectivity index (χ0n) is 13.3. The van der Waals surface area contributed by atoms with Crippen molar-refractivity contribution in [2.24, 2.45) is 0 Å². The molecule has 2 unspecified atom stereocenters. The van der Waals surface area contributed by atoms with Crippen molar-refractivity contribution in [2.45, 2.75) is 56.0 Å². The molecule has 0 bridgehead atoms. The molecule has 2 heterocycles. The Bertz CT molecular complexity index is 612. The summed E-state index contributed by atoms with van der Waals surface area (Å²) in [5, 5.41) is 0.